The second-order valence-electron chi connectivity index (χ2n) is 6.59. The average molecular weight is 334 g/mol. The molecule has 6 nitrogen and oxygen atoms in total. The van der Waals surface area contributed by atoms with Crippen molar-refractivity contribution < 1.29 is 19.0 Å². The Kier molecular flexibility index (Phi) is 4.96. The van der Waals surface area contributed by atoms with Crippen molar-refractivity contribution in [3.8, 4) is 11.5 Å². The standard InChI is InChI=1S/C18H26N2O4/c1-12-13(4-5-15(22-2)16(12)23-3)8-20-17(21)18-10-19-9-14(18)6-7-24-11-18/h4-5,14,19H,6-11H2,1-3H3,(H,20,21)/t14-,18+/m1/s1. The zero-order chi connectivity index (χ0) is 17.2. The third kappa shape index (κ3) is 2.84. The number of carbonyl (C=O) groups excluding carboxylic acids is 1. The van der Waals surface area contributed by atoms with E-state index in [9.17, 15) is 4.79 Å². The van der Waals surface area contributed by atoms with E-state index < -0.39 is 5.41 Å². The van der Waals surface area contributed by atoms with Crippen molar-refractivity contribution in [2.24, 2.45) is 11.3 Å². The first-order valence-corrected chi connectivity index (χ1v) is 8.39. The molecule has 2 saturated heterocycles. The fraction of sp³-hybridized carbons (Fsp3) is 0.611. The number of nitrogens with one attached hydrogen (secondary N) is 2. The molecule has 0 aliphatic carbocycles. The monoisotopic (exact) mass is 334 g/mol. The van der Waals surface area contributed by atoms with Gasteiger partial charge in [0.25, 0.3) is 0 Å². The number of fused-ring (bicyclic) bond motifs is 1. The first kappa shape index (κ1) is 17.0. The highest BCUT2D eigenvalue weighted by Crippen LogP contribution is 2.38. The molecule has 6 heteroatoms. The van der Waals surface area contributed by atoms with Crippen LogP contribution in [0.4, 0.5) is 0 Å². The maximum atomic E-state index is 12.9. The van der Waals surface area contributed by atoms with E-state index in [1.807, 2.05) is 19.1 Å². The van der Waals surface area contributed by atoms with Gasteiger partial charge in [-0.05, 0) is 43.0 Å². The van der Waals surface area contributed by atoms with Crippen molar-refractivity contribution in [2.75, 3.05) is 40.5 Å². The Morgan fingerprint density at radius 3 is 3.00 bits per heavy atom. The molecule has 0 radical (unpaired) electrons. The zero-order valence-electron chi connectivity index (χ0n) is 14.6. The van der Waals surface area contributed by atoms with Gasteiger partial charge in [0.05, 0.1) is 26.2 Å². The quantitative estimate of drug-likeness (QED) is 0.848. The molecule has 3 rings (SSSR count). The molecule has 1 aromatic carbocycles. The molecule has 0 saturated carbocycles. The van der Waals surface area contributed by atoms with Gasteiger partial charge in [-0.2, -0.15) is 0 Å². The van der Waals surface area contributed by atoms with Gasteiger partial charge in [-0.25, -0.2) is 0 Å². The van der Waals surface area contributed by atoms with Gasteiger partial charge < -0.3 is 24.8 Å². The van der Waals surface area contributed by atoms with Crippen molar-refractivity contribution in [1.82, 2.24) is 10.6 Å². The number of rotatable bonds is 5. The number of hydrogen-bond donors (Lipinski definition) is 2. The maximum absolute atomic E-state index is 12.9. The molecule has 1 amide bonds. The molecule has 0 bridgehead atoms. The first-order valence-electron chi connectivity index (χ1n) is 8.39. The van der Waals surface area contributed by atoms with E-state index in [1.165, 1.54) is 0 Å². The van der Waals surface area contributed by atoms with Crippen LogP contribution in [0.15, 0.2) is 12.1 Å². The predicted octanol–water partition coefficient (Wildman–Crippen LogP) is 1.25. The van der Waals surface area contributed by atoms with Crippen molar-refractivity contribution in [2.45, 2.75) is 19.9 Å². The molecular weight excluding hydrogens is 308 g/mol. The molecule has 2 N–H and O–H groups in total. The Hall–Kier alpha value is -1.79. The summed E-state index contributed by atoms with van der Waals surface area (Å²) in [6.07, 6.45) is 0.940. The van der Waals surface area contributed by atoms with E-state index in [-0.39, 0.29) is 5.91 Å². The van der Waals surface area contributed by atoms with Crippen LogP contribution in [0.1, 0.15) is 17.5 Å². The minimum absolute atomic E-state index is 0.0754. The van der Waals surface area contributed by atoms with Crippen LogP contribution in [-0.4, -0.2) is 46.4 Å². The molecule has 0 spiro atoms. The largest absolute Gasteiger partial charge is 0.493 e. The molecular formula is C18H26N2O4. The summed E-state index contributed by atoms with van der Waals surface area (Å²) in [6.45, 7) is 5.28. The van der Waals surface area contributed by atoms with Gasteiger partial charge in [0.2, 0.25) is 5.91 Å². The van der Waals surface area contributed by atoms with Crippen molar-refractivity contribution in [3.63, 3.8) is 0 Å². The van der Waals surface area contributed by atoms with Crippen LogP contribution in [0.25, 0.3) is 0 Å². The molecule has 0 aromatic heterocycles. The van der Waals surface area contributed by atoms with E-state index in [0.717, 1.165) is 30.7 Å². The topological polar surface area (TPSA) is 68.8 Å². The van der Waals surface area contributed by atoms with E-state index in [4.69, 9.17) is 14.2 Å². The summed E-state index contributed by atoms with van der Waals surface area (Å²) < 4.78 is 16.4. The Balaban J connectivity index is 1.73. The van der Waals surface area contributed by atoms with Gasteiger partial charge >= 0.3 is 0 Å². The number of methoxy groups -OCH3 is 2. The predicted molar refractivity (Wildman–Crippen MR) is 90.4 cm³/mol. The van der Waals surface area contributed by atoms with Crippen LogP contribution < -0.4 is 20.1 Å². The summed E-state index contributed by atoms with van der Waals surface area (Å²) in [5, 5.41) is 6.46. The maximum Gasteiger partial charge on any atom is 0.230 e. The molecule has 1 aromatic rings. The first-order chi connectivity index (χ1) is 11.6. The van der Waals surface area contributed by atoms with Crippen LogP contribution >= 0.6 is 0 Å². The van der Waals surface area contributed by atoms with E-state index in [2.05, 4.69) is 10.6 Å². The fourth-order valence-corrected chi connectivity index (χ4v) is 3.83. The summed E-state index contributed by atoms with van der Waals surface area (Å²) in [4.78, 5) is 12.9. The second kappa shape index (κ2) is 6.99. The van der Waals surface area contributed by atoms with E-state index in [0.29, 0.717) is 37.1 Å². The molecule has 2 heterocycles. The zero-order valence-corrected chi connectivity index (χ0v) is 14.6. The average Bonchev–Trinajstić information content (AvgIpc) is 3.05. The number of carbonyl (C=O) groups is 1. The lowest BCUT2D eigenvalue weighted by molar-refractivity contribution is -0.141. The highest BCUT2D eigenvalue weighted by Gasteiger charge is 2.50. The van der Waals surface area contributed by atoms with E-state index in [1.54, 1.807) is 14.2 Å². The van der Waals surface area contributed by atoms with Gasteiger partial charge in [0.15, 0.2) is 11.5 Å². The van der Waals surface area contributed by atoms with Crippen LogP contribution in [0.5, 0.6) is 11.5 Å². The summed E-state index contributed by atoms with van der Waals surface area (Å²) in [7, 11) is 3.24. The highest BCUT2D eigenvalue weighted by molar-refractivity contribution is 5.84. The van der Waals surface area contributed by atoms with E-state index >= 15 is 0 Å². The molecule has 2 aliphatic rings. The molecule has 2 aliphatic heterocycles. The lowest BCUT2D eigenvalue weighted by Gasteiger charge is -2.36. The minimum Gasteiger partial charge on any atom is -0.493 e. The molecule has 24 heavy (non-hydrogen) atoms. The van der Waals surface area contributed by atoms with Gasteiger partial charge in [0.1, 0.15) is 0 Å². The Labute approximate surface area is 142 Å². The molecule has 0 unspecified atom stereocenters. The van der Waals surface area contributed by atoms with Crippen LogP contribution in [-0.2, 0) is 16.1 Å². The van der Waals surface area contributed by atoms with Crippen LogP contribution in [0, 0.1) is 18.3 Å². The van der Waals surface area contributed by atoms with Gasteiger partial charge in [-0.15, -0.1) is 0 Å². The highest BCUT2D eigenvalue weighted by atomic mass is 16.5. The third-order valence-corrected chi connectivity index (χ3v) is 5.38. The number of benzene rings is 1. The Morgan fingerprint density at radius 2 is 2.25 bits per heavy atom. The van der Waals surface area contributed by atoms with Gasteiger partial charge in [0, 0.05) is 19.7 Å². The molecule has 2 fully saturated rings. The van der Waals surface area contributed by atoms with Crippen molar-refractivity contribution in [1.29, 1.82) is 0 Å². The summed E-state index contributed by atoms with van der Waals surface area (Å²) in [6, 6.07) is 3.84. The molecule has 2 atom stereocenters. The van der Waals surface area contributed by atoms with Gasteiger partial charge in [-0.3, -0.25) is 4.79 Å². The Morgan fingerprint density at radius 1 is 1.42 bits per heavy atom. The normalized spacial score (nSPS) is 25.9. The van der Waals surface area contributed by atoms with Crippen LogP contribution in [0.3, 0.4) is 0 Å². The second-order valence-corrected chi connectivity index (χ2v) is 6.59. The summed E-state index contributed by atoms with van der Waals surface area (Å²) in [5.41, 5.74) is 1.58. The SMILES string of the molecule is COc1ccc(CNC(=O)[C@]23CNC[C@H]2CCOC3)c(C)c1OC. The lowest BCUT2D eigenvalue weighted by Crippen LogP contribution is -2.51. The third-order valence-electron chi connectivity index (χ3n) is 5.38. The van der Waals surface area contributed by atoms with Crippen molar-refractivity contribution >= 4 is 5.91 Å². The van der Waals surface area contributed by atoms with Crippen LogP contribution in [0.2, 0.25) is 0 Å². The number of ether oxygens (including phenoxy) is 3. The van der Waals surface area contributed by atoms with Crippen molar-refractivity contribution in [3.05, 3.63) is 23.3 Å². The lowest BCUT2D eigenvalue weighted by atomic mass is 9.75. The van der Waals surface area contributed by atoms with Gasteiger partial charge in [-0.1, -0.05) is 6.07 Å². The number of amides is 1. The summed E-state index contributed by atoms with van der Waals surface area (Å²) in [5.74, 6) is 1.84. The smallest absolute Gasteiger partial charge is 0.230 e. The Bertz CT molecular complexity index is 619. The molecule has 132 valence electrons. The summed E-state index contributed by atoms with van der Waals surface area (Å²) >= 11 is 0. The minimum atomic E-state index is -0.428. The number of hydrogen-bond acceptors (Lipinski definition) is 5. The fourth-order valence-electron chi connectivity index (χ4n) is 3.83.